The van der Waals surface area contributed by atoms with E-state index in [9.17, 15) is 33.0 Å². The van der Waals surface area contributed by atoms with Crippen LogP contribution in [0.3, 0.4) is 0 Å². The molecule has 0 heterocycles. The van der Waals surface area contributed by atoms with Gasteiger partial charge in [-0.2, -0.15) is 18.3 Å². The van der Waals surface area contributed by atoms with E-state index in [1.54, 1.807) is 0 Å². The van der Waals surface area contributed by atoms with E-state index in [0.717, 1.165) is 12.1 Å². The van der Waals surface area contributed by atoms with Crippen LogP contribution in [0.15, 0.2) is 65.8 Å². The summed E-state index contributed by atoms with van der Waals surface area (Å²) < 4.78 is 37.8. The summed E-state index contributed by atoms with van der Waals surface area (Å²) in [6.07, 6.45) is -2.94. The highest BCUT2D eigenvalue weighted by atomic mass is 35.5. The quantitative estimate of drug-likeness (QED) is 0.264. The average Bonchev–Trinajstić information content (AvgIpc) is 2.80. The van der Waals surface area contributed by atoms with Gasteiger partial charge in [-0.1, -0.05) is 23.7 Å². The number of carbonyl (C=O) groups excluding carboxylic acids is 2. The Morgan fingerprint density at radius 1 is 0.971 bits per heavy atom. The molecule has 0 fully saturated rings. The van der Waals surface area contributed by atoms with Gasteiger partial charge in [0.25, 0.3) is 5.91 Å². The summed E-state index contributed by atoms with van der Waals surface area (Å²) in [7, 11) is 0. The van der Waals surface area contributed by atoms with E-state index in [0.29, 0.717) is 11.3 Å². The van der Waals surface area contributed by atoms with Gasteiger partial charge >= 0.3 is 6.18 Å². The maximum Gasteiger partial charge on any atom is 0.416 e. The summed E-state index contributed by atoms with van der Waals surface area (Å²) in [5, 5.41) is 25.9. The summed E-state index contributed by atoms with van der Waals surface area (Å²) in [4.78, 5) is 24.2. The highest BCUT2D eigenvalue weighted by Gasteiger charge is 2.29. The van der Waals surface area contributed by atoms with E-state index in [4.69, 9.17) is 11.6 Å². The lowest BCUT2D eigenvalue weighted by Crippen LogP contribution is -2.17. The second-order valence-electron chi connectivity index (χ2n) is 7.38. The smallest absolute Gasteiger partial charge is 0.416 e. The minimum atomic E-state index is -4.42. The number of hydrogen-bond donors (Lipinski definition) is 4. The van der Waals surface area contributed by atoms with Crippen LogP contribution >= 0.6 is 11.6 Å². The number of aromatic hydroxyl groups is 2. The highest BCUT2D eigenvalue weighted by molar-refractivity contribution is 6.32. The predicted molar refractivity (Wildman–Crippen MR) is 125 cm³/mol. The first-order valence-electron chi connectivity index (χ1n) is 10.1. The lowest BCUT2D eigenvalue weighted by atomic mass is 10.1. The number of hydrazone groups is 1. The van der Waals surface area contributed by atoms with Gasteiger partial charge < -0.3 is 15.5 Å². The number of halogens is 4. The molecule has 0 bridgehead atoms. The Morgan fingerprint density at radius 2 is 1.69 bits per heavy atom. The van der Waals surface area contributed by atoms with Crippen molar-refractivity contribution in [3.05, 3.63) is 87.9 Å². The van der Waals surface area contributed by atoms with Crippen LogP contribution in [0.4, 0.5) is 18.9 Å². The van der Waals surface area contributed by atoms with Gasteiger partial charge in [-0.25, -0.2) is 5.43 Å². The summed E-state index contributed by atoms with van der Waals surface area (Å²) >= 11 is 5.76. The van der Waals surface area contributed by atoms with E-state index < -0.39 is 17.6 Å². The summed E-state index contributed by atoms with van der Waals surface area (Å²) in [6.45, 7) is 0. The molecule has 3 aromatic carbocycles. The molecule has 0 aromatic heterocycles. The van der Waals surface area contributed by atoms with Crippen LogP contribution in [0.5, 0.6) is 11.5 Å². The van der Waals surface area contributed by atoms with Crippen molar-refractivity contribution in [3.63, 3.8) is 0 Å². The van der Waals surface area contributed by atoms with Crippen molar-refractivity contribution in [2.75, 3.05) is 5.32 Å². The number of carbonyl (C=O) groups is 2. The minimum Gasteiger partial charge on any atom is -0.507 e. The standard InChI is InChI=1S/C24H19ClF3N3O4/c25-19-11-15(5-9-20(19)32)23(35)31-29-13-16-4-8-18(12-21(16)33)30-22(34)10-3-14-1-6-17(7-2-14)24(26,27)28/h1-2,4-9,11-13,32-33H,3,10H2,(H,30,34)(H,31,35)/b29-13+. The van der Waals surface area contributed by atoms with Crippen molar-refractivity contribution < 1.29 is 33.0 Å². The molecule has 0 unspecified atom stereocenters. The maximum atomic E-state index is 12.6. The molecule has 35 heavy (non-hydrogen) atoms. The molecule has 0 saturated carbocycles. The fourth-order valence-corrected chi connectivity index (χ4v) is 3.13. The number of hydrogen-bond acceptors (Lipinski definition) is 5. The van der Waals surface area contributed by atoms with Crippen LogP contribution in [-0.2, 0) is 17.4 Å². The third kappa shape index (κ3) is 7.21. The Balaban J connectivity index is 1.52. The van der Waals surface area contributed by atoms with E-state index in [1.165, 1.54) is 54.7 Å². The topological polar surface area (TPSA) is 111 Å². The van der Waals surface area contributed by atoms with Gasteiger partial charge in [0, 0.05) is 29.3 Å². The van der Waals surface area contributed by atoms with Crippen molar-refractivity contribution in [2.24, 2.45) is 5.10 Å². The first kappa shape index (κ1) is 25.6. The molecule has 0 aliphatic heterocycles. The number of alkyl halides is 3. The molecule has 0 atom stereocenters. The molecule has 3 aromatic rings. The molecule has 4 N–H and O–H groups in total. The summed E-state index contributed by atoms with van der Waals surface area (Å²) in [6, 6.07) is 12.7. The van der Waals surface area contributed by atoms with E-state index >= 15 is 0 Å². The van der Waals surface area contributed by atoms with Crippen molar-refractivity contribution in [2.45, 2.75) is 19.0 Å². The van der Waals surface area contributed by atoms with Crippen LogP contribution in [0.2, 0.25) is 5.02 Å². The average molecular weight is 506 g/mol. The van der Waals surface area contributed by atoms with Gasteiger partial charge in [-0.15, -0.1) is 0 Å². The number of aryl methyl sites for hydroxylation is 1. The zero-order chi connectivity index (χ0) is 25.6. The molecule has 7 nitrogen and oxygen atoms in total. The van der Waals surface area contributed by atoms with Crippen molar-refractivity contribution >= 4 is 35.3 Å². The molecule has 0 aliphatic rings. The van der Waals surface area contributed by atoms with Crippen molar-refractivity contribution in [1.29, 1.82) is 0 Å². The molecular weight excluding hydrogens is 487 g/mol. The minimum absolute atomic E-state index is 0.0104. The fraction of sp³-hybridized carbons (Fsp3) is 0.125. The van der Waals surface area contributed by atoms with E-state index in [1.807, 2.05) is 0 Å². The molecule has 0 radical (unpaired) electrons. The number of phenols is 2. The Labute approximate surface area is 202 Å². The van der Waals surface area contributed by atoms with Crippen LogP contribution in [-0.4, -0.2) is 28.2 Å². The number of benzene rings is 3. The number of anilines is 1. The second-order valence-corrected chi connectivity index (χ2v) is 7.79. The zero-order valence-electron chi connectivity index (χ0n) is 17.9. The van der Waals surface area contributed by atoms with Gasteiger partial charge in [0.1, 0.15) is 11.5 Å². The normalized spacial score (nSPS) is 11.4. The molecular formula is C24H19ClF3N3O4. The summed E-state index contributed by atoms with van der Waals surface area (Å²) in [5.74, 6) is -1.34. The number of phenolic OH excluding ortho intramolecular Hbond substituents is 2. The Morgan fingerprint density at radius 3 is 2.31 bits per heavy atom. The lowest BCUT2D eigenvalue weighted by Gasteiger charge is -2.09. The lowest BCUT2D eigenvalue weighted by molar-refractivity contribution is -0.137. The molecule has 182 valence electrons. The van der Waals surface area contributed by atoms with Crippen LogP contribution < -0.4 is 10.7 Å². The van der Waals surface area contributed by atoms with Gasteiger partial charge in [-0.05, 0) is 54.4 Å². The van der Waals surface area contributed by atoms with Crippen LogP contribution in [0.25, 0.3) is 0 Å². The highest BCUT2D eigenvalue weighted by Crippen LogP contribution is 2.29. The third-order valence-corrected chi connectivity index (χ3v) is 5.12. The molecule has 3 rings (SSSR count). The molecule has 0 aliphatic carbocycles. The SMILES string of the molecule is O=C(CCc1ccc(C(F)(F)F)cc1)Nc1ccc(/C=N/NC(=O)c2ccc(O)c(Cl)c2)c(O)c1. The van der Waals surface area contributed by atoms with Gasteiger partial charge in [0.2, 0.25) is 5.91 Å². The Bertz CT molecular complexity index is 1260. The Kier molecular flexibility index (Phi) is 7.98. The maximum absolute atomic E-state index is 12.6. The van der Waals surface area contributed by atoms with Gasteiger partial charge in [-0.3, -0.25) is 9.59 Å². The van der Waals surface area contributed by atoms with Gasteiger partial charge in [0.05, 0.1) is 16.8 Å². The predicted octanol–water partition coefficient (Wildman–Crippen LogP) is 5.11. The molecule has 0 spiro atoms. The second kappa shape index (κ2) is 10.9. The molecule has 0 saturated heterocycles. The largest absolute Gasteiger partial charge is 0.507 e. The van der Waals surface area contributed by atoms with Crippen molar-refractivity contribution in [3.8, 4) is 11.5 Å². The first-order chi connectivity index (χ1) is 16.5. The zero-order valence-corrected chi connectivity index (χ0v) is 18.7. The monoisotopic (exact) mass is 505 g/mol. The van der Waals surface area contributed by atoms with Crippen LogP contribution in [0, 0.1) is 0 Å². The summed E-state index contributed by atoms with van der Waals surface area (Å²) in [5.41, 5.74) is 2.82. The molecule has 11 heteroatoms. The number of nitrogens with one attached hydrogen (secondary N) is 2. The number of nitrogens with zero attached hydrogens (tertiary/aromatic N) is 1. The van der Waals surface area contributed by atoms with E-state index in [-0.39, 0.29) is 46.4 Å². The van der Waals surface area contributed by atoms with Crippen LogP contribution in [0.1, 0.15) is 33.5 Å². The first-order valence-corrected chi connectivity index (χ1v) is 10.5. The van der Waals surface area contributed by atoms with Gasteiger partial charge in [0.15, 0.2) is 0 Å². The number of rotatable bonds is 7. The number of amides is 2. The Hall–Kier alpha value is -4.05. The van der Waals surface area contributed by atoms with E-state index in [2.05, 4.69) is 15.8 Å². The molecule has 2 amide bonds. The van der Waals surface area contributed by atoms with Crippen molar-refractivity contribution in [1.82, 2.24) is 5.43 Å². The fourth-order valence-electron chi connectivity index (χ4n) is 2.95. The third-order valence-electron chi connectivity index (χ3n) is 4.82.